The van der Waals surface area contributed by atoms with Gasteiger partial charge in [0.1, 0.15) is 0 Å². The third kappa shape index (κ3) is 3.10. The smallest absolute Gasteiger partial charge is 0.240 e. The van der Waals surface area contributed by atoms with Crippen molar-refractivity contribution < 1.29 is 13.5 Å². The Bertz CT molecular complexity index is 513. The summed E-state index contributed by atoms with van der Waals surface area (Å²) in [4.78, 5) is 0.230. The second-order valence-electron chi connectivity index (χ2n) is 5.04. The molecule has 0 aliphatic heterocycles. The fourth-order valence-corrected chi connectivity index (χ4v) is 3.77. The highest BCUT2D eigenvalue weighted by Gasteiger charge is 2.26. The van der Waals surface area contributed by atoms with Crippen LogP contribution in [0.3, 0.4) is 0 Å². The molecule has 5 heteroatoms. The van der Waals surface area contributed by atoms with Crippen LogP contribution in [0, 0.1) is 5.92 Å². The van der Waals surface area contributed by atoms with Crippen molar-refractivity contribution in [3.63, 3.8) is 0 Å². The quantitative estimate of drug-likeness (QED) is 0.873. The molecule has 1 aliphatic carbocycles. The Kier molecular flexibility index (Phi) is 4.04. The highest BCUT2D eigenvalue weighted by Crippen LogP contribution is 2.26. The van der Waals surface area contributed by atoms with E-state index in [0.29, 0.717) is 11.5 Å². The second-order valence-corrected chi connectivity index (χ2v) is 6.76. The van der Waals surface area contributed by atoms with Gasteiger partial charge in [0.25, 0.3) is 0 Å². The van der Waals surface area contributed by atoms with Gasteiger partial charge < -0.3 is 5.11 Å². The summed E-state index contributed by atoms with van der Waals surface area (Å²) >= 11 is 0. The molecular weight excluding hydrogens is 250 g/mol. The molecule has 0 saturated heterocycles. The van der Waals surface area contributed by atoms with Crippen LogP contribution in [0.1, 0.15) is 31.7 Å². The summed E-state index contributed by atoms with van der Waals surface area (Å²) in [6, 6.07) is 6.47. The van der Waals surface area contributed by atoms with E-state index in [1.165, 1.54) is 6.07 Å². The van der Waals surface area contributed by atoms with Crippen LogP contribution in [0.2, 0.25) is 0 Å². The summed E-state index contributed by atoms with van der Waals surface area (Å²) < 4.78 is 27.1. The maximum atomic E-state index is 12.2. The maximum absolute atomic E-state index is 12.2. The van der Waals surface area contributed by atoms with E-state index < -0.39 is 10.0 Å². The van der Waals surface area contributed by atoms with Crippen molar-refractivity contribution in [2.24, 2.45) is 5.92 Å². The van der Waals surface area contributed by atoms with E-state index >= 15 is 0 Å². The Hall–Kier alpha value is -0.910. The van der Waals surface area contributed by atoms with Gasteiger partial charge in [-0.1, -0.05) is 19.1 Å². The number of sulfonamides is 1. The van der Waals surface area contributed by atoms with Gasteiger partial charge in [-0.25, -0.2) is 13.1 Å². The van der Waals surface area contributed by atoms with Crippen molar-refractivity contribution >= 4 is 10.0 Å². The van der Waals surface area contributed by atoms with Crippen LogP contribution in [0.5, 0.6) is 0 Å². The van der Waals surface area contributed by atoms with E-state index in [1.54, 1.807) is 18.2 Å². The van der Waals surface area contributed by atoms with E-state index in [0.717, 1.165) is 19.3 Å². The Morgan fingerprint density at radius 3 is 2.78 bits per heavy atom. The van der Waals surface area contributed by atoms with Crippen LogP contribution in [0.15, 0.2) is 29.2 Å². The minimum Gasteiger partial charge on any atom is -0.392 e. The predicted octanol–water partition coefficient (Wildman–Crippen LogP) is 1.65. The van der Waals surface area contributed by atoms with E-state index in [9.17, 15) is 8.42 Å². The van der Waals surface area contributed by atoms with Crippen LogP contribution in [-0.4, -0.2) is 19.6 Å². The molecule has 0 heterocycles. The van der Waals surface area contributed by atoms with Crippen molar-refractivity contribution in [2.75, 3.05) is 0 Å². The second kappa shape index (κ2) is 5.38. The van der Waals surface area contributed by atoms with Gasteiger partial charge in [0, 0.05) is 6.04 Å². The minimum atomic E-state index is -3.46. The highest BCUT2D eigenvalue weighted by molar-refractivity contribution is 7.89. The fraction of sp³-hybridized carbons (Fsp3) is 0.538. The number of aliphatic hydroxyl groups is 1. The normalized spacial score (nSPS) is 24.3. The Balaban J connectivity index is 2.14. The Morgan fingerprint density at radius 2 is 2.17 bits per heavy atom. The lowest BCUT2D eigenvalue weighted by atomic mass is 10.1. The largest absolute Gasteiger partial charge is 0.392 e. The molecule has 1 aliphatic rings. The maximum Gasteiger partial charge on any atom is 0.240 e. The summed E-state index contributed by atoms with van der Waals surface area (Å²) in [5.74, 6) is 0.585. The van der Waals surface area contributed by atoms with Gasteiger partial charge >= 0.3 is 0 Å². The van der Waals surface area contributed by atoms with E-state index in [2.05, 4.69) is 11.6 Å². The molecule has 2 rings (SSSR count). The highest BCUT2D eigenvalue weighted by atomic mass is 32.2. The van der Waals surface area contributed by atoms with Crippen LogP contribution in [0.4, 0.5) is 0 Å². The molecule has 0 spiro atoms. The van der Waals surface area contributed by atoms with E-state index in [-0.39, 0.29) is 17.5 Å². The molecule has 1 saturated carbocycles. The van der Waals surface area contributed by atoms with Gasteiger partial charge in [0.05, 0.1) is 11.5 Å². The summed E-state index contributed by atoms with van der Waals surface area (Å²) in [7, 11) is -3.46. The number of hydrogen-bond donors (Lipinski definition) is 2. The SMILES string of the molecule is CC1CCC(NS(=O)(=O)c2cccc(CO)c2)C1. The molecule has 1 fully saturated rings. The fourth-order valence-electron chi connectivity index (χ4n) is 2.41. The molecule has 1 aromatic rings. The first-order chi connectivity index (χ1) is 8.51. The molecular formula is C13H19NO3S. The third-order valence-electron chi connectivity index (χ3n) is 3.41. The first-order valence-electron chi connectivity index (χ1n) is 6.23. The topological polar surface area (TPSA) is 66.4 Å². The van der Waals surface area contributed by atoms with E-state index in [1.807, 2.05) is 0 Å². The molecule has 0 radical (unpaired) electrons. The summed E-state index contributed by atoms with van der Waals surface area (Å²) in [5.41, 5.74) is 0.609. The molecule has 4 nitrogen and oxygen atoms in total. The first kappa shape index (κ1) is 13.5. The lowest BCUT2D eigenvalue weighted by molar-refractivity contribution is 0.281. The van der Waals surface area contributed by atoms with Crippen molar-refractivity contribution in [3.05, 3.63) is 29.8 Å². The zero-order valence-electron chi connectivity index (χ0n) is 10.5. The molecule has 2 atom stereocenters. The molecule has 0 bridgehead atoms. The molecule has 100 valence electrons. The van der Waals surface area contributed by atoms with Gasteiger partial charge in [0.2, 0.25) is 10.0 Å². The zero-order valence-corrected chi connectivity index (χ0v) is 11.3. The van der Waals surface area contributed by atoms with Gasteiger partial charge in [0.15, 0.2) is 0 Å². The molecule has 1 aromatic carbocycles. The van der Waals surface area contributed by atoms with Gasteiger partial charge in [-0.15, -0.1) is 0 Å². The number of rotatable bonds is 4. The summed E-state index contributed by atoms with van der Waals surface area (Å²) in [6.07, 6.45) is 2.88. The third-order valence-corrected chi connectivity index (χ3v) is 4.93. The standard InChI is InChI=1S/C13H19NO3S/c1-10-5-6-12(7-10)14-18(16,17)13-4-2-3-11(8-13)9-15/h2-4,8,10,12,14-15H,5-7,9H2,1H3. The minimum absolute atomic E-state index is 0.0442. The average molecular weight is 269 g/mol. The van der Waals surface area contributed by atoms with Crippen LogP contribution in [0.25, 0.3) is 0 Å². The monoisotopic (exact) mass is 269 g/mol. The molecule has 2 unspecified atom stereocenters. The van der Waals surface area contributed by atoms with Crippen molar-refractivity contribution in [1.29, 1.82) is 0 Å². The van der Waals surface area contributed by atoms with Crippen molar-refractivity contribution in [1.82, 2.24) is 4.72 Å². The number of benzene rings is 1. The van der Waals surface area contributed by atoms with Crippen LogP contribution >= 0.6 is 0 Å². The molecule has 0 amide bonds. The molecule has 18 heavy (non-hydrogen) atoms. The molecule has 2 N–H and O–H groups in total. The zero-order chi connectivity index (χ0) is 13.2. The Labute approximate surface area is 108 Å². The molecule has 0 aromatic heterocycles. The van der Waals surface area contributed by atoms with Crippen molar-refractivity contribution in [3.8, 4) is 0 Å². The predicted molar refractivity (Wildman–Crippen MR) is 69.5 cm³/mol. The van der Waals surface area contributed by atoms with Gasteiger partial charge in [-0.05, 0) is 42.9 Å². The first-order valence-corrected chi connectivity index (χ1v) is 7.71. The van der Waals surface area contributed by atoms with Gasteiger partial charge in [-0.2, -0.15) is 0 Å². The number of aliphatic hydroxyl groups excluding tert-OH is 1. The van der Waals surface area contributed by atoms with Crippen LogP contribution < -0.4 is 4.72 Å². The average Bonchev–Trinajstić information content (AvgIpc) is 2.74. The lowest BCUT2D eigenvalue weighted by Crippen LogP contribution is -2.33. The summed E-state index contributed by atoms with van der Waals surface area (Å²) in [6.45, 7) is 1.99. The van der Waals surface area contributed by atoms with Crippen LogP contribution in [-0.2, 0) is 16.6 Å². The summed E-state index contributed by atoms with van der Waals surface area (Å²) in [5, 5.41) is 9.03. The van der Waals surface area contributed by atoms with Crippen molar-refractivity contribution in [2.45, 2.75) is 43.7 Å². The Morgan fingerprint density at radius 1 is 1.39 bits per heavy atom. The van der Waals surface area contributed by atoms with E-state index in [4.69, 9.17) is 5.11 Å². The lowest BCUT2D eigenvalue weighted by Gasteiger charge is -2.13. The number of hydrogen-bond acceptors (Lipinski definition) is 3. The number of nitrogens with one attached hydrogen (secondary N) is 1. The van der Waals surface area contributed by atoms with Gasteiger partial charge in [-0.3, -0.25) is 0 Å².